The van der Waals surface area contributed by atoms with Crippen molar-refractivity contribution in [2.24, 2.45) is 0 Å². The van der Waals surface area contributed by atoms with Gasteiger partial charge in [-0.3, -0.25) is 19.9 Å². The summed E-state index contributed by atoms with van der Waals surface area (Å²) in [6.45, 7) is 1.77. The van der Waals surface area contributed by atoms with Gasteiger partial charge in [0.1, 0.15) is 5.56 Å². The first kappa shape index (κ1) is 17.2. The lowest BCUT2D eigenvalue weighted by molar-refractivity contribution is -0.385. The molecule has 8 nitrogen and oxygen atoms in total. The van der Waals surface area contributed by atoms with E-state index in [1.807, 2.05) is 0 Å². The van der Waals surface area contributed by atoms with Crippen molar-refractivity contribution in [3.8, 4) is 11.5 Å². The molecule has 1 atom stereocenters. The highest BCUT2D eigenvalue weighted by atomic mass is 16.6. The van der Waals surface area contributed by atoms with Crippen LogP contribution in [0.1, 0.15) is 28.9 Å². The van der Waals surface area contributed by atoms with Crippen molar-refractivity contribution >= 4 is 11.6 Å². The van der Waals surface area contributed by atoms with Crippen molar-refractivity contribution < 1.29 is 19.2 Å². The van der Waals surface area contributed by atoms with Gasteiger partial charge in [-0.15, -0.1) is 0 Å². The fourth-order valence-electron chi connectivity index (χ4n) is 2.19. The summed E-state index contributed by atoms with van der Waals surface area (Å²) in [5, 5.41) is 14.0. The van der Waals surface area contributed by atoms with Crippen molar-refractivity contribution in [2.45, 2.75) is 13.0 Å². The average Bonchev–Trinajstić information content (AvgIpc) is 2.60. The molecule has 0 aliphatic rings. The van der Waals surface area contributed by atoms with Crippen LogP contribution in [-0.4, -0.2) is 30.0 Å². The first-order valence-electron chi connectivity index (χ1n) is 7.09. The molecule has 1 heterocycles. The van der Waals surface area contributed by atoms with Crippen molar-refractivity contribution in [3.05, 3.63) is 57.9 Å². The van der Waals surface area contributed by atoms with Gasteiger partial charge in [-0.1, -0.05) is 6.07 Å². The van der Waals surface area contributed by atoms with Crippen molar-refractivity contribution in [1.29, 1.82) is 0 Å². The number of carbonyl (C=O) groups excluding carboxylic acids is 1. The monoisotopic (exact) mass is 331 g/mol. The van der Waals surface area contributed by atoms with Crippen LogP contribution in [0, 0.1) is 10.1 Å². The largest absolute Gasteiger partial charge is 0.493 e. The number of ether oxygens (including phenoxy) is 2. The van der Waals surface area contributed by atoms with Gasteiger partial charge in [0.25, 0.3) is 11.6 Å². The smallest absolute Gasteiger partial charge is 0.286 e. The van der Waals surface area contributed by atoms with Crippen LogP contribution in [0.15, 0.2) is 36.7 Å². The van der Waals surface area contributed by atoms with Gasteiger partial charge in [0, 0.05) is 18.5 Å². The minimum atomic E-state index is -0.633. The summed E-state index contributed by atoms with van der Waals surface area (Å²) in [5.74, 6) is -0.164. The molecular weight excluding hydrogens is 314 g/mol. The van der Waals surface area contributed by atoms with Crippen LogP contribution < -0.4 is 14.8 Å². The van der Waals surface area contributed by atoms with E-state index in [9.17, 15) is 14.9 Å². The van der Waals surface area contributed by atoms with Gasteiger partial charge in [-0.05, 0) is 18.6 Å². The van der Waals surface area contributed by atoms with E-state index in [1.54, 1.807) is 31.5 Å². The number of hydrogen-bond acceptors (Lipinski definition) is 6. The first-order valence-corrected chi connectivity index (χ1v) is 7.09. The summed E-state index contributed by atoms with van der Waals surface area (Å²) in [7, 11) is 2.76. The second-order valence-corrected chi connectivity index (χ2v) is 4.96. The predicted molar refractivity (Wildman–Crippen MR) is 86.3 cm³/mol. The fraction of sp³-hybridized carbons (Fsp3) is 0.250. The predicted octanol–water partition coefficient (Wildman–Crippen LogP) is 2.50. The molecular formula is C16H17N3O5. The van der Waals surface area contributed by atoms with Gasteiger partial charge in [0.2, 0.25) is 0 Å². The minimum absolute atomic E-state index is 0.103. The van der Waals surface area contributed by atoms with Crippen LogP contribution in [0.5, 0.6) is 11.5 Å². The molecule has 2 rings (SSSR count). The molecule has 0 bridgehead atoms. The normalized spacial score (nSPS) is 11.5. The van der Waals surface area contributed by atoms with Gasteiger partial charge in [-0.25, -0.2) is 0 Å². The van der Waals surface area contributed by atoms with Crippen LogP contribution in [0.4, 0.5) is 5.69 Å². The SMILES string of the molecule is COc1cc(C(=O)NC(C)c2cccnc2)c([N+](=O)[O-])cc1OC. The zero-order valence-electron chi connectivity index (χ0n) is 13.5. The number of nitrogens with zero attached hydrogens (tertiary/aromatic N) is 2. The molecule has 1 amide bonds. The van der Waals surface area contributed by atoms with E-state index in [2.05, 4.69) is 10.3 Å². The maximum Gasteiger partial charge on any atom is 0.286 e. The van der Waals surface area contributed by atoms with Gasteiger partial charge >= 0.3 is 0 Å². The first-order chi connectivity index (χ1) is 11.5. The maximum atomic E-state index is 12.5. The lowest BCUT2D eigenvalue weighted by Crippen LogP contribution is -2.27. The molecule has 1 unspecified atom stereocenters. The lowest BCUT2D eigenvalue weighted by atomic mass is 10.1. The minimum Gasteiger partial charge on any atom is -0.493 e. The van der Waals surface area contributed by atoms with E-state index in [4.69, 9.17) is 9.47 Å². The molecule has 1 N–H and O–H groups in total. The quantitative estimate of drug-likeness (QED) is 0.644. The van der Waals surface area contributed by atoms with Gasteiger partial charge in [-0.2, -0.15) is 0 Å². The third kappa shape index (κ3) is 3.60. The third-order valence-electron chi connectivity index (χ3n) is 3.48. The number of carbonyl (C=O) groups is 1. The third-order valence-corrected chi connectivity index (χ3v) is 3.48. The number of methoxy groups -OCH3 is 2. The van der Waals surface area contributed by atoms with Gasteiger partial charge in [0.05, 0.1) is 31.3 Å². The highest BCUT2D eigenvalue weighted by Gasteiger charge is 2.25. The Morgan fingerprint density at radius 2 is 1.96 bits per heavy atom. The molecule has 24 heavy (non-hydrogen) atoms. The fourth-order valence-corrected chi connectivity index (χ4v) is 2.19. The number of nitro groups is 1. The number of nitro benzene ring substituents is 1. The summed E-state index contributed by atoms with van der Waals surface area (Å²) in [6.07, 6.45) is 3.24. The number of rotatable bonds is 6. The highest BCUT2D eigenvalue weighted by molar-refractivity contribution is 5.99. The van der Waals surface area contributed by atoms with Gasteiger partial charge in [0.15, 0.2) is 11.5 Å². The van der Waals surface area contributed by atoms with E-state index in [-0.39, 0.29) is 28.8 Å². The molecule has 0 aliphatic carbocycles. The molecule has 1 aromatic heterocycles. The van der Waals surface area contributed by atoms with E-state index in [0.29, 0.717) is 0 Å². The molecule has 126 valence electrons. The van der Waals surface area contributed by atoms with Crippen molar-refractivity contribution in [1.82, 2.24) is 10.3 Å². The Labute approximate surface area is 138 Å². The second-order valence-electron chi connectivity index (χ2n) is 4.96. The molecule has 8 heteroatoms. The second kappa shape index (κ2) is 7.40. The number of pyridine rings is 1. The average molecular weight is 331 g/mol. The summed E-state index contributed by atoms with van der Waals surface area (Å²) < 4.78 is 10.2. The van der Waals surface area contributed by atoms with E-state index in [1.165, 1.54) is 26.4 Å². The Kier molecular flexibility index (Phi) is 5.31. The van der Waals surface area contributed by atoms with Gasteiger partial charge < -0.3 is 14.8 Å². The zero-order chi connectivity index (χ0) is 17.7. The van der Waals surface area contributed by atoms with E-state index >= 15 is 0 Å². The Balaban J connectivity index is 2.35. The number of hydrogen-bond donors (Lipinski definition) is 1. The van der Waals surface area contributed by atoms with Crippen LogP contribution in [0.25, 0.3) is 0 Å². The van der Waals surface area contributed by atoms with Crippen LogP contribution in [-0.2, 0) is 0 Å². The number of nitrogens with one attached hydrogen (secondary N) is 1. The molecule has 2 aromatic rings. The molecule has 0 fully saturated rings. The van der Waals surface area contributed by atoms with E-state index in [0.717, 1.165) is 5.56 Å². The van der Waals surface area contributed by atoms with Crippen LogP contribution in [0.2, 0.25) is 0 Å². The van der Waals surface area contributed by atoms with Crippen LogP contribution in [0.3, 0.4) is 0 Å². The Hall–Kier alpha value is -3.16. The summed E-state index contributed by atoms with van der Waals surface area (Å²) in [4.78, 5) is 27.1. The maximum absolute atomic E-state index is 12.5. The molecule has 1 aromatic carbocycles. The zero-order valence-corrected chi connectivity index (χ0v) is 13.5. The number of benzene rings is 1. The van der Waals surface area contributed by atoms with Crippen molar-refractivity contribution in [2.75, 3.05) is 14.2 Å². The van der Waals surface area contributed by atoms with Crippen molar-refractivity contribution in [3.63, 3.8) is 0 Å². The Bertz CT molecular complexity index is 749. The summed E-state index contributed by atoms with van der Waals surface area (Å²) in [5.41, 5.74) is 0.325. The Morgan fingerprint density at radius 1 is 1.29 bits per heavy atom. The number of amides is 1. The molecule has 0 aliphatic heterocycles. The highest BCUT2D eigenvalue weighted by Crippen LogP contribution is 2.34. The molecule has 0 spiro atoms. The van der Waals surface area contributed by atoms with Crippen LogP contribution >= 0.6 is 0 Å². The topological polar surface area (TPSA) is 104 Å². The number of aromatic nitrogens is 1. The Morgan fingerprint density at radius 3 is 2.50 bits per heavy atom. The summed E-state index contributed by atoms with van der Waals surface area (Å²) >= 11 is 0. The standard InChI is InChI=1S/C16H17N3O5/c1-10(11-5-4-6-17-9-11)18-16(20)12-7-14(23-2)15(24-3)8-13(12)19(21)22/h4-10H,1-3H3,(H,18,20). The van der Waals surface area contributed by atoms with E-state index < -0.39 is 10.8 Å². The molecule has 0 saturated heterocycles. The molecule has 0 radical (unpaired) electrons. The summed E-state index contributed by atoms with van der Waals surface area (Å²) in [6, 6.07) is 5.65. The molecule has 0 saturated carbocycles. The lowest BCUT2D eigenvalue weighted by Gasteiger charge is -2.15.